The van der Waals surface area contributed by atoms with Crippen LogP contribution in [0.3, 0.4) is 0 Å². The molecule has 1 amide bonds. The van der Waals surface area contributed by atoms with Gasteiger partial charge < -0.3 is 9.73 Å². The number of nitrogens with zero attached hydrogens (tertiary/aromatic N) is 1. The second-order valence-electron chi connectivity index (χ2n) is 7.84. The maximum Gasteiger partial charge on any atom is 0.291 e. The van der Waals surface area contributed by atoms with E-state index >= 15 is 0 Å². The molecule has 0 aliphatic carbocycles. The Morgan fingerprint density at radius 3 is 2.16 bits per heavy atom. The van der Waals surface area contributed by atoms with Gasteiger partial charge in [-0.15, -0.1) is 0 Å². The van der Waals surface area contributed by atoms with Crippen LogP contribution in [0.15, 0.2) is 95.4 Å². The summed E-state index contributed by atoms with van der Waals surface area (Å²) in [6.07, 6.45) is 0. The number of furan rings is 1. The molecule has 0 bridgehead atoms. The van der Waals surface area contributed by atoms with Crippen LogP contribution >= 0.6 is 11.6 Å². The van der Waals surface area contributed by atoms with Crippen molar-refractivity contribution in [2.24, 2.45) is 0 Å². The molecule has 0 aliphatic rings. The average Bonchev–Trinajstić information content (AvgIpc) is 3.26. The maximum atomic E-state index is 12.6. The fourth-order valence-corrected chi connectivity index (χ4v) is 3.62. The van der Waals surface area contributed by atoms with Crippen LogP contribution in [0, 0.1) is 6.92 Å². The predicted molar refractivity (Wildman–Crippen MR) is 129 cm³/mol. The van der Waals surface area contributed by atoms with Gasteiger partial charge in [-0.1, -0.05) is 71.8 Å². The molecule has 0 spiro atoms. The molecule has 162 valence electrons. The zero-order valence-electron chi connectivity index (χ0n) is 17.9. The number of hydrogen-bond acceptors (Lipinski definition) is 3. The van der Waals surface area contributed by atoms with Gasteiger partial charge in [0.1, 0.15) is 5.76 Å². The summed E-state index contributed by atoms with van der Waals surface area (Å²) in [7, 11) is 0. The molecule has 0 saturated carbocycles. The van der Waals surface area contributed by atoms with Crippen LogP contribution in [0.2, 0.25) is 5.02 Å². The van der Waals surface area contributed by atoms with Gasteiger partial charge in [-0.2, -0.15) is 0 Å². The lowest BCUT2D eigenvalue weighted by Gasteiger charge is -2.21. The summed E-state index contributed by atoms with van der Waals surface area (Å²) in [6.45, 7) is 4.08. The molecule has 0 atom stereocenters. The Morgan fingerprint density at radius 2 is 1.47 bits per heavy atom. The highest BCUT2D eigenvalue weighted by molar-refractivity contribution is 6.30. The molecule has 1 aromatic heterocycles. The highest BCUT2D eigenvalue weighted by Gasteiger charge is 2.15. The molecule has 0 unspecified atom stereocenters. The molecule has 4 aromatic rings. The molecular weight excluding hydrogens is 420 g/mol. The van der Waals surface area contributed by atoms with E-state index in [-0.39, 0.29) is 5.91 Å². The van der Waals surface area contributed by atoms with Gasteiger partial charge >= 0.3 is 0 Å². The lowest BCUT2D eigenvalue weighted by molar-refractivity contribution is 0.0992. The Balaban J connectivity index is 1.46. The summed E-state index contributed by atoms with van der Waals surface area (Å²) in [5.41, 5.74) is 4.26. The topological polar surface area (TPSA) is 45.5 Å². The molecule has 0 radical (unpaired) electrons. The molecule has 4 nitrogen and oxygen atoms in total. The van der Waals surface area contributed by atoms with Crippen LogP contribution in [0.25, 0.3) is 0 Å². The highest BCUT2D eigenvalue weighted by atomic mass is 35.5. The zero-order valence-corrected chi connectivity index (χ0v) is 18.7. The van der Waals surface area contributed by atoms with Crippen molar-refractivity contribution in [3.8, 4) is 0 Å². The first kappa shape index (κ1) is 21.9. The average molecular weight is 445 g/mol. The summed E-state index contributed by atoms with van der Waals surface area (Å²) in [5, 5.41) is 3.60. The van der Waals surface area contributed by atoms with Crippen molar-refractivity contribution in [3.05, 3.63) is 124 Å². The van der Waals surface area contributed by atoms with E-state index in [2.05, 4.69) is 22.3 Å². The quantitative estimate of drug-likeness (QED) is 0.329. The number of hydrogen-bond donors (Lipinski definition) is 1. The van der Waals surface area contributed by atoms with Gasteiger partial charge in [0.05, 0.1) is 6.54 Å². The molecule has 3 aromatic carbocycles. The number of carbonyl (C=O) groups excluding carboxylic acids is 1. The molecule has 4 rings (SSSR count). The number of rotatable bonds is 8. The van der Waals surface area contributed by atoms with Gasteiger partial charge in [-0.3, -0.25) is 9.69 Å². The first-order valence-corrected chi connectivity index (χ1v) is 10.9. The van der Waals surface area contributed by atoms with Crippen LogP contribution in [-0.2, 0) is 19.6 Å². The van der Waals surface area contributed by atoms with E-state index in [4.69, 9.17) is 16.0 Å². The van der Waals surface area contributed by atoms with Crippen molar-refractivity contribution >= 4 is 23.2 Å². The fraction of sp³-hybridized carbons (Fsp3) is 0.148. The summed E-state index contributed by atoms with van der Waals surface area (Å²) in [6, 6.07) is 29.4. The third-order valence-corrected chi connectivity index (χ3v) is 5.39. The van der Waals surface area contributed by atoms with Crippen LogP contribution < -0.4 is 5.32 Å². The van der Waals surface area contributed by atoms with Crippen molar-refractivity contribution in [2.75, 3.05) is 5.32 Å². The third-order valence-electron chi connectivity index (χ3n) is 5.14. The van der Waals surface area contributed by atoms with Gasteiger partial charge in [-0.25, -0.2) is 0 Å². The van der Waals surface area contributed by atoms with E-state index in [1.807, 2.05) is 79.7 Å². The van der Waals surface area contributed by atoms with Gasteiger partial charge in [0, 0.05) is 23.8 Å². The van der Waals surface area contributed by atoms with Crippen molar-refractivity contribution in [2.45, 2.75) is 26.6 Å². The smallest absolute Gasteiger partial charge is 0.291 e. The molecule has 1 heterocycles. The largest absolute Gasteiger partial charge is 0.455 e. The van der Waals surface area contributed by atoms with E-state index in [9.17, 15) is 4.79 Å². The monoisotopic (exact) mass is 444 g/mol. The molecule has 0 aliphatic heterocycles. The van der Waals surface area contributed by atoms with E-state index in [0.29, 0.717) is 12.3 Å². The number of aryl methyl sites for hydroxylation is 1. The lowest BCUT2D eigenvalue weighted by Crippen LogP contribution is -2.22. The Hall–Kier alpha value is -3.34. The first-order valence-electron chi connectivity index (χ1n) is 10.5. The summed E-state index contributed by atoms with van der Waals surface area (Å²) in [5.74, 6) is 0.781. The van der Waals surface area contributed by atoms with Gasteiger partial charge in [0.25, 0.3) is 5.91 Å². The van der Waals surface area contributed by atoms with Crippen molar-refractivity contribution in [1.29, 1.82) is 0 Å². The number of nitrogens with one attached hydrogen (secondary N) is 1. The predicted octanol–water partition coefficient (Wildman–Crippen LogP) is 6.70. The zero-order chi connectivity index (χ0) is 22.3. The van der Waals surface area contributed by atoms with Crippen molar-refractivity contribution in [3.63, 3.8) is 0 Å². The maximum absolute atomic E-state index is 12.6. The number of amides is 1. The molecule has 0 fully saturated rings. The van der Waals surface area contributed by atoms with Crippen LogP contribution in [-0.4, -0.2) is 10.8 Å². The summed E-state index contributed by atoms with van der Waals surface area (Å²) < 4.78 is 5.89. The SMILES string of the molecule is Cc1ccc(NC(=O)c2ccc(CN(Cc3ccccc3)Cc3ccc(Cl)cc3)o2)cc1. The minimum absolute atomic E-state index is 0.257. The normalized spacial score (nSPS) is 11.0. The lowest BCUT2D eigenvalue weighted by atomic mass is 10.1. The van der Waals surface area contributed by atoms with Gasteiger partial charge in [0.2, 0.25) is 0 Å². The fourth-order valence-electron chi connectivity index (χ4n) is 3.49. The number of benzene rings is 3. The molecule has 0 saturated heterocycles. The highest BCUT2D eigenvalue weighted by Crippen LogP contribution is 2.19. The van der Waals surface area contributed by atoms with Crippen LogP contribution in [0.4, 0.5) is 5.69 Å². The first-order chi connectivity index (χ1) is 15.5. The van der Waals surface area contributed by atoms with Crippen LogP contribution in [0.1, 0.15) is 33.0 Å². The Labute approximate surface area is 193 Å². The second kappa shape index (κ2) is 10.3. The minimum Gasteiger partial charge on any atom is -0.455 e. The number of carbonyl (C=O) groups is 1. The molecular formula is C27H25ClN2O2. The van der Waals surface area contributed by atoms with Gasteiger partial charge in [0.15, 0.2) is 5.76 Å². The number of halogens is 1. The van der Waals surface area contributed by atoms with Crippen molar-refractivity contribution < 1.29 is 9.21 Å². The van der Waals surface area contributed by atoms with E-state index < -0.39 is 0 Å². The minimum atomic E-state index is -0.257. The van der Waals surface area contributed by atoms with E-state index in [1.54, 1.807) is 6.07 Å². The Morgan fingerprint density at radius 1 is 0.812 bits per heavy atom. The third kappa shape index (κ3) is 6.10. The van der Waals surface area contributed by atoms with E-state index in [1.165, 1.54) is 5.56 Å². The van der Waals surface area contributed by atoms with E-state index in [0.717, 1.165) is 40.7 Å². The second-order valence-corrected chi connectivity index (χ2v) is 8.28. The van der Waals surface area contributed by atoms with Crippen molar-refractivity contribution in [1.82, 2.24) is 4.90 Å². The van der Waals surface area contributed by atoms with Gasteiger partial charge in [-0.05, 0) is 54.4 Å². The summed E-state index contributed by atoms with van der Waals surface area (Å²) in [4.78, 5) is 14.9. The standard InChI is InChI=1S/C27H25ClN2O2/c1-20-7-13-24(14-8-20)29-27(31)26-16-15-25(32-26)19-30(17-21-5-3-2-4-6-21)18-22-9-11-23(28)12-10-22/h2-16H,17-19H2,1H3,(H,29,31). The summed E-state index contributed by atoms with van der Waals surface area (Å²) >= 11 is 6.04. The molecule has 1 N–H and O–H groups in total. The van der Waals surface area contributed by atoms with Crippen LogP contribution in [0.5, 0.6) is 0 Å². The Kier molecular flexibility index (Phi) is 7.05. The molecule has 5 heteroatoms. The molecule has 32 heavy (non-hydrogen) atoms. The number of anilines is 1. The Bertz CT molecular complexity index is 1150.